The Morgan fingerprint density at radius 2 is 1.88 bits per heavy atom. The molecule has 1 saturated heterocycles. The molecule has 1 fully saturated rings. The van der Waals surface area contributed by atoms with Gasteiger partial charge in [0.05, 0.1) is 36.1 Å². The van der Waals surface area contributed by atoms with Gasteiger partial charge in [-0.25, -0.2) is 4.79 Å². The van der Waals surface area contributed by atoms with Crippen LogP contribution >= 0.6 is 12.2 Å². The van der Waals surface area contributed by atoms with Crippen molar-refractivity contribution >= 4 is 40.6 Å². The van der Waals surface area contributed by atoms with Crippen molar-refractivity contribution in [1.29, 1.82) is 0 Å². The number of ether oxygens (including phenoxy) is 1. The Hall–Kier alpha value is -4.70. The van der Waals surface area contributed by atoms with Gasteiger partial charge in [0.1, 0.15) is 5.75 Å². The van der Waals surface area contributed by atoms with E-state index >= 15 is 0 Å². The molecule has 3 heterocycles. The zero-order valence-corrected chi connectivity index (χ0v) is 24.0. The number of aromatic nitrogens is 2. The first-order valence-corrected chi connectivity index (χ1v) is 13.7. The first-order valence-electron chi connectivity index (χ1n) is 13.2. The molecule has 2 atom stereocenters. The number of carbonyl (C=O) groups excluding carboxylic acids is 1. The lowest BCUT2D eigenvalue weighted by molar-refractivity contribution is -0.115. The van der Waals surface area contributed by atoms with E-state index in [2.05, 4.69) is 26.3 Å². The van der Waals surface area contributed by atoms with E-state index in [9.17, 15) is 14.7 Å². The Morgan fingerprint density at radius 1 is 1.07 bits per heavy atom. The Kier molecular flexibility index (Phi) is 7.76. The Balaban J connectivity index is 1.65. The van der Waals surface area contributed by atoms with Gasteiger partial charge in [0.15, 0.2) is 5.11 Å². The summed E-state index contributed by atoms with van der Waals surface area (Å²) in [4.78, 5) is 30.4. The van der Waals surface area contributed by atoms with Crippen LogP contribution in [0, 0.1) is 13.8 Å². The van der Waals surface area contributed by atoms with Crippen LogP contribution in [0.5, 0.6) is 5.75 Å². The number of methoxy groups -OCH3 is 1. The van der Waals surface area contributed by atoms with E-state index in [1.165, 1.54) is 0 Å². The highest BCUT2D eigenvalue weighted by Crippen LogP contribution is 2.45. The number of aromatic carboxylic acids is 1. The van der Waals surface area contributed by atoms with Crippen molar-refractivity contribution in [2.75, 3.05) is 17.3 Å². The van der Waals surface area contributed by atoms with Crippen LogP contribution in [-0.4, -0.2) is 38.8 Å². The molecule has 0 radical (unpaired) electrons. The Bertz CT molecular complexity index is 1630. The second kappa shape index (κ2) is 11.4. The van der Waals surface area contributed by atoms with Crippen molar-refractivity contribution in [1.82, 2.24) is 14.9 Å². The predicted octanol–water partition coefficient (Wildman–Crippen LogP) is 5.72. The van der Waals surface area contributed by atoms with E-state index in [0.717, 1.165) is 34.0 Å². The van der Waals surface area contributed by atoms with E-state index in [1.807, 2.05) is 61.2 Å². The van der Waals surface area contributed by atoms with Crippen molar-refractivity contribution < 1.29 is 19.4 Å². The summed E-state index contributed by atoms with van der Waals surface area (Å²) in [6, 6.07) is 19.8. The summed E-state index contributed by atoms with van der Waals surface area (Å²) in [7, 11) is 1.56. The number of rotatable bonds is 8. The lowest BCUT2D eigenvalue weighted by atomic mass is 9.96. The second-order valence-electron chi connectivity index (χ2n) is 9.80. The SMILES string of the molecule is CCC(=O)Nc1ccc(N2C(=S)N[C@H](c3ccccn3)[C@H]2c2cc(C)n(-c3cccc(C(=O)O)c3)c2C)cc1OC. The molecule has 0 spiro atoms. The molecule has 1 aliphatic rings. The molecule has 0 aliphatic carbocycles. The topological polar surface area (TPSA) is 109 Å². The summed E-state index contributed by atoms with van der Waals surface area (Å²) in [5, 5.41) is 16.5. The van der Waals surface area contributed by atoms with Crippen LogP contribution in [0.2, 0.25) is 0 Å². The van der Waals surface area contributed by atoms with Crippen LogP contribution in [0.15, 0.2) is 72.9 Å². The van der Waals surface area contributed by atoms with Crippen molar-refractivity contribution in [2.45, 2.75) is 39.3 Å². The fraction of sp³-hybridized carbons (Fsp3) is 0.226. The van der Waals surface area contributed by atoms with Gasteiger partial charge in [0.25, 0.3) is 0 Å². The van der Waals surface area contributed by atoms with Gasteiger partial charge in [-0.15, -0.1) is 0 Å². The molecule has 1 aliphatic heterocycles. The maximum absolute atomic E-state index is 12.1. The lowest BCUT2D eigenvalue weighted by Gasteiger charge is -2.29. The number of carbonyl (C=O) groups is 2. The highest BCUT2D eigenvalue weighted by Gasteiger charge is 2.42. The summed E-state index contributed by atoms with van der Waals surface area (Å²) in [5.74, 6) is -0.571. The summed E-state index contributed by atoms with van der Waals surface area (Å²) < 4.78 is 7.70. The standard InChI is InChI=1S/C31H31N5O4S/c1-5-27(37)33-24-13-12-22(17-26(24)40-4)36-29(28(34-31(36)41)25-11-6-7-14-32-25)23-15-18(2)35(19(23)3)21-10-8-9-20(16-21)30(38)39/h6-17,28-29H,5H2,1-4H3,(H,33,37)(H,34,41)(H,38,39)/t28-,29-/m1/s1. The van der Waals surface area contributed by atoms with Gasteiger partial charge in [-0.3, -0.25) is 9.78 Å². The maximum atomic E-state index is 12.1. The number of amides is 1. The molecule has 4 aromatic rings. The van der Waals surface area contributed by atoms with E-state index in [1.54, 1.807) is 38.4 Å². The van der Waals surface area contributed by atoms with Crippen LogP contribution in [-0.2, 0) is 4.79 Å². The number of aryl methyl sites for hydroxylation is 1. The zero-order valence-electron chi connectivity index (χ0n) is 23.2. The average molecular weight is 570 g/mol. The quantitative estimate of drug-likeness (QED) is 0.231. The monoisotopic (exact) mass is 569 g/mol. The minimum absolute atomic E-state index is 0.109. The highest BCUT2D eigenvalue weighted by molar-refractivity contribution is 7.80. The predicted molar refractivity (Wildman–Crippen MR) is 162 cm³/mol. The maximum Gasteiger partial charge on any atom is 0.335 e. The van der Waals surface area contributed by atoms with Gasteiger partial charge < -0.3 is 29.9 Å². The molecule has 0 saturated carbocycles. The van der Waals surface area contributed by atoms with E-state index in [-0.39, 0.29) is 23.6 Å². The van der Waals surface area contributed by atoms with Crippen molar-refractivity contribution in [3.63, 3.8) is 0 Å². The zero-order chi connectivity index (χ0) is 29.3. The van der Waals surface area contributed by atoms with Crippen LogP contribution in [0.3, 0.4) is 0 Å². The van der Waals surface area contributed by atoms with Gasteiger partial charge >= 0.3 is 5.97 Å². The number of benzene rings is 2. The molecule has 1 amide bonds. The van der Waals surface area contributed by atoms with Crippen LogP contribution in [0.25, 0.3) is 5.69 Å². The van der Waals surface area contributed by atoms with Gasteiger partial charge in [-0.05, 0) is 80.2 Å². The van der Waals surface area contributed by atoms with Gasteiger partial charge in [0.2, 0.25) is 5.91 Å². The first-order chi connectivity index (χ1) is 19.7. The minimum Gasteiger partial charge on any atom is -0.494 e. The van der Waals surface area contributed by atoms with Gasteiger partial charge in [0, 0.05) is 41.4 Å². The van der Waals surface area contributed by atoms with Crippen LogP contribution in [0.4, 0.5) is 11.4 Å². The lowest BCUT2D eigenvalue weighted by Crippen LogP contribution is -2.29. The summed E-state index contributed by atoms with van der Waals surface area (Å²) in [6.45, 7) is 5.81. The fourth-order valence-corrected chi connectivity index (χ4v) is 5.73. The summed E-state index contributed by atoms with van der Waals surface area (Å²) >= 11 is 5.90. The second-order valence-corrected chi connectivity index (χ2v) is 10.2. The summed E-state index contributed by atoms with van der Waals surface area (Å²) in [5.41, 5.74) is 6.09. The number of thiocarbonyl (C=S) groups is 1. The molecule has 2 aromatic carbocycles. The first kappa shape index (κ1) is 27.9. The van der Waals surface area contributed by atoms with Crippen LogP contribution < -0.4 is 20.3 Å². The molecule has 210 valence electrons. The number of nitrogens with one attached hydrogen (secondary N) is 2. The number of nitrogens with zero attached hydrogens (tertiary/aromatic N) is 3. The number of anilines is 2. The number of hydrogen-bond acceptors (Lipinski definition) is 5. The van der Waals surface area contributed by atoms with E-state index in [0.29, 0.717) is 23.0 Å². The normalized spacial score (nSPS) is 16.4. The molecule has 0 bridgehead atoms. The Morgan fingerprint density at radius 3 is 2.56 bits per heavy atom. The van der Waals surface area contributed by atoms with Crippen molar-refractivity contribution in [3.05, 3.63) is 101 Å². The number of carboxylic acid groups (broad SMARTS) is 1. The van der Waals surface area contributed by atoms with E-state index in [4.69, 9.17) is 17.0 Å². The van der Waals surface area contributed by atoms with Crippen molar-refractivity contribution in [3.8, 4) is 11.4 Å². The smallest absolute Gasteiger partial charge is 0.335 e. The molecule has 0 unspecified atom stereocenters. The highest BCUT2D eigenvalue weighted by atomic mass is 32.1. The fourth-order valence-electron chi connectivity index (χ4n) is 5.38. The largest absolute Gasteiger partial charge is 0.494 e. The molecular weight excluding hydrogens is 538 g/mol. The van der Waals surface area contributed by atoms with Crippen LogP contribution in [0.1, 0.15) is 58.4 Å². The number of carboxylic acids is 1. The molecule has 41 heavy (non-hydrogen) atoms. The number of hydrogen-bond donors (Lipinski definition) is 3. The molecular formula is C31H31N5O4S. The Labute approximate surface area is 243 Å². The molecule has 9 nitrogen and oxygen atoms in total. The molecule has 10 heteroatoms. The third kappa shape index (κ3) is 5.26. The van der Waals surface area contributed by atoms with Crippen molar-refractivity contribution in [2.24, 2.45) is 0 Å². The molecule has 3 N–H and O–H groups in total. The van der Waals surface area contributed by atoms with Gasteiger partial charge in [-0.2, -0.15) is 0 Å². The summed E-state index contributed by atoms with van der Waals surface area (Å²) in [6.07, 6.45) is 2.11. The average Bonchev–Trinajstić information content (AvgIpc) is 3.48. The minimum atomic E-state index is -0.978. The van der Waals surface area contributed by atoms with E-state index < -0.39 is 5.97 Å². The third-order valence-corrected chi connectivity index (χ3v) is 7.61. The number of pyridine rings is 1. The third-order valence-electron chi connectivity index (χ3n) is 7.30. The molecule has 2 aromatic heterocycles. The molecule has 5 rings (SSSR count). The van der Waals surface area contributed by atoms with Gasteiger partial charge in [-0.1, -0.05) is 19.1 Å².